The van der Waals surface area contributed by atoms with Crippen LogP contribution in [0.1, 0.15) is 38.5 Å². The van der Waals surface area contributed by atoms with Gasteiger partial charge < -0.3 is 44.1 Å². The van der Waals surface area contributed by atoms with Crippen molar-refractivity contribution in [1.29, 1.82) is 0 Å². The van der Waals surface area contributed by atoms with Crippen LogP contribution in [0.15, 0.2) is 23.7 Å². The van der Waals surface area contributed by atoms with E-state index in [9.17, 15) is 20.4 Å². The number of fused-ring (bicyclic) bond motifs is 2. The molecule has 0 aromatic rings. The quantitative estimate of drug-likeness (QED) is 0.377. The number of aliphatic hydroxyl groups is 4. The van der Waals surface area contributed by atoms with Gasteiger partial charge in [-0.15, -0.1) is 0 Å². The van der Waals surface area contributed by atoms with E-state index >= 15 is 0 Å². The van der Waals surface area contributed by atoms with Crippen LogP contribution in [-0.2, 0) is 23.7 Å². The van der Waals surface area contributed by atoms with Gasteiger partial charge in [0.25, 0.3) is 0 Å². The van der Waals surface area contributed by atoms with Crippen molar-refractivity contribution in [3.05, 3.63) is 23.7 Å². The standard InChI is InChI=1S/C27H37NO9/c1-33-15-5-4-14-10-17-26(32)6-7-27(36-22-20(31)19(30)16(12-29)34-23(22)37-27)24-25(26,18(14)21(15)35-24)8-9-28(17)11-13-2-3-13/h4-5,13-14,16-20,22-24,29-32H,2-3,6-12H2,1H3/t14?,16-,17-,18?,19-,20?,22?,23?,24?,25+,26-,27+/m1/s1. The van der Waals surface area contributed by atoms with Crippen LogP contribution in [0.2, 0.25) is 0 Å². The van der Waals surface area contributed by atoms with Gasteiger partial charge in [-0.25, -0.2) is 0 Å². The van der Waals surface area contributed by atoms with Gasteiger partial charge in [-0.05, 0) is 56.6 Å². The van der Waals surface area contributed by atoms with Crippen LogP contribution in [0, 0.1) is 23.2 Å². The molecule has 0 amide bonds. The fraction of sp³-hybridized carbons (Fsp3) is 0.852. The van der Waals surface area contributed by atoms with E-state index in [1.807, 2.05) is 6.08 Å². The van der Waals surface area contributed by atoms with E-state index in [4.69, 9.17) is 23.7 Å². The summed E-state index contributed by atoms with van der Waals surface area (Å²) in [6.45, 7) is 1.46. The Bertz CT molecular complexity index is 1050. The third kappa shape index (κ3) is 2.83. The average Bonchev–Trinajstić information content (AvgIpc) is 3.52. The summed E-state index contributed by atoms with van der Waals surface area (Å²) in [7, 11) is 1.64. The molecule has 2 spiro atoms. The van der Waals surface area contributed by atoms with E-state index in [0.717, 1.165) is 37.6 Å². The molecule has 12 atom stereocenters. The maximum atomic E-state index is 12.8. The molecule has 0 aromatic heterocycles. The van der Waals surface area contributed by atoms with Crippen molar-refractivity contribution in [2.45, 2.75) is 92.8 Å². The van der Waals surface area contributed by atoms with Crippen LogP contribution in [0.3, 0.4) is 0 Å². The number of likely N-dealkylation sites (tertiary alicyclic amines) is 1. The zero-order chi connectivity index (χ0) is 25.3. The molecule has 204 valence electrons. The molecule has 7 fully saturated rings. The molecule has 37 heavy (non-hydrogen) atoms. The summed E-state index contributed by atoms with van der Waals surface area (Å²) in [6.07, 6.45) is 3.15. The Kier molecular flexibility index (Phi) is 4.91. The number of allylic oxidation sites excluding steroid dienone is 3. The molecule has 4 aliphatic carbocycles. The molecule has 6 unspecified atom stereocenters. The number of hydrogen-bond donors (Lipinski definition) is 4. The van der Waals surface area contributed by atoms with Gasteiger partial charge >= 0.3 is 0 Å². The monoisotopic (exact) mass is 519 g/mol. The van der Waals surface area contributed by atoms with Crippen molar-refractivity contribution in [3.63, 3.8) is 0 Å². The van der Waals surface area contributed by atoms with Gasteiger partial charge in [0.05, 0.1) is 24.7 Å². The van der Waals surface area contributed by atoms with E-state index in [1.54, 1.807) is 7.11 Å². The number of piperidine rings is 1. The lowest BCUT2D eigenvalue weighted by molar-refractivity contribution is -0.346. The predicted molar refractivity (Wildman–Crippen MR) is 125 cm³/mol. The minimum atomic E-state index is -1.29. The number of ether oxygens (including phenoxy) is 5. The van der Waals surface area contributed by atoms with E-state index in [1.165, 1.54) is 12.8 Å². The van der Waals surface area contributed by atoms with Crippen LogP contribution in [0.25, 0.3) is 0 Å². The number of hydrogen-bond acceptors (Lipinski definition) is 10. The molecule has 2 bridgehead atoms. The van der Waals surface area contributed by atoms with Crippen LogP contribution >= 0.6 is 0 Å². The zero-order valence-corrected chi connectivity index (χ0v) is 21.1. The number of aliphatic hydroxyl groups excluding tert-OH is 3. The molecule has 4 N–H and O–H groups in total. The van der Waals surface area contributed by atoms with Crippen LogP contribution < -0.4 is 0 Å². The predicted octanol–water partition coefficient (Wildman–Crippen LogP) is -0.00460. The van der Waals surface area contributed by atoms with E-state index in [2.05, 4.69) is 11.0 Å². The zero-order valence-electron chi connectivity index (χ0n) is 21.1. The summed E-state index contributed by atoms with van der Waals surface area (Å²) >= 11 is 0. The molecule has 0 aromatic carbocycles. The molecule has 0 radical (unpaired) electrons. The third-order valence-corrected chi connectivity index (χ3v) is 11.0. The largest absolute Gasteiger partial charge is 0.493 e. The van der Waals surface area contributed by atoms with Crippen molar-refractivity contribution in [1.82, 2.24) is 4.90 Å². The topological polar surface area (TPSA) is 130 Å². The first-order chi connectivity index (χ1) is 17.8. The number of nitrogens with zero attached hydrogens (tertiary/aromatic N) is 1. The summed E-state index contributed by atoms with van der Waals surface area (Å²) in [5.41, 5.74) is -1.65. The van der Waals surface area contributed by atoms with Crippen LogP contribution in [0.4, 0.5) is 0 Å². The first-order valence-electron chi connectivity index (χ1n) is 13.9. The molecule has 8 rings (SSSR count). The molecule has 3 saturated carbocycles. The second-order valence-electron chi connectivity index (χ2n) is 12.6. The Balaban J connectivity index is 1.23. The lowest BCUT2D eigenvalue weighted by Gasteiger charge is -2.67. The van der Waals surface area contributed by atoms with Gasteiger partial charge in [0.2, 0.25) is 5.79 Å². The lowest BCUT2D eigenvalue weighted by atomic mass is 9.43. The molecular weight excluding hydrogens is 482 g/mol. The summed E-state index contributed by atoms with van der Waals surface area (Å²) in [5, 5.41) is 43.8. The summed E-state index contributed by atoms with van der Waals surface area (Å²) in [6, 6.07) is 0.0192. The Morgan fingerprint density at radius 1 is 1.14 bits per heavy atom. The minimum Gasteiger partial charge on any atom is -0.493 e. The molecule has 10 nitrogen and oxygen atoms in total. The third-order valence-electron chi connectivity index (χ3n) is 11.0. The van der Waals surface area contributed by atoms with E-state index < -0.39 is 60.2 Å². The first kappa shape index (κ1) is 23.6. The highest BCUT2D eigenvalue weighted by molar-refractivity contribution is 5.39. The highest BCUT2D eigenvalue weighted by atomic mass is 16.8. The fourth-order valence-corrected chi connectivity index (χ4v) is 9.18. The van der Waals surface area contributed by atoms with Crippen molar-refractivity contribution in [3.8, 4) is 0 Å². The van der Waals surface area contributed by atoms with Gasteiger partial charge in [-0.1, -0.05) is 6.08 Å². The second kappa shape index (κ2) is 7.69. The highest BCUT2D eigenvalue weighted by Gasteiger charge is 2.82. The Morgan fingerprint density at radius 2 is 1.97 bits per heavy atom. The molecule has 8 aliphatic rings. The highest BCUT2D eigenvalue weighted by Crippen LogP contribution is 2.72. The molecular formula is C27H37NO9. The first-order valence-corrected chi connectivity index (χ1v) is 13.9. The van der Waals surface area contributed by atoms with Crippen LogP contribution in [0.5, 0.6) is 0 Å². The smallest absolute Gasteiger partial charge is 0.209 e. The molecule has 4 heterocycles. The van der Waals surface area contributed by atoms with E-state index in [-0.39, 0.29) is 17.9 Å². The van der Waals surface area contributed by atoms with Gasteiger partial charge in [0, 0.05) is 24.9 Å². The van der Waals surface area contributed by atoms with Crippen molar-refractivity contribution in [2.75, 3.05) is 26.8 Å². The Morgan fingerprint density at radius 3 is 2.73 bits per heavy atom. The molecule has 10 heteroatoms. The van der Waals surface area contributed by atoms with Gasteiger partial charge in [0.15, 0.2) is 18.2 Å². The van der Waals surface area contributed by atoms with Crippen molar-refractivity contribution in [2.24, 2.45) is 23.2 Å². The maximum absolute atomic E-state index is 12.8. The summed E-state index contributed by atoms with van der Waals surface area (Å²) in [5.74, 6) is 1.03. The normalized spacial score (nSPS) is 55.8. The lowest BCUT2D eigenvalue weighted by Crippen LogP contribution is -2.79. The number of methoxy groups -OCH3 is 1. The van der Waals surface area contributed by atoms with E-state index in [0.29, 0.717) is 18.6 Å². The molecule has 4 saturated heterocycles. The second-order valence-corrected chi connectivity index (χ2v) is 12.6. The minimum absolute atomic E-state index is 0.0192. The SMILES string of the molecule is COC1=C2OC3[C@]4(CC[C@@]5(O)[C@H]6CC(C=C1)C2[C@@]35CCN6CC1CC1)OC1O[C@H](CO)[C@@H](O)C(O)C1O4. The van der Waals surface area contributed by atoms with Crippen molar-refractivity contribution < 1.29 is 44.1 Å². The van der Waals surface area contributed by atoms with Gasteiger partial charge in [-0.2, -0.15) is 0 Å². The van der Waals surface area contributed by atoms with Gasteiger partial charge in [0.1, 0.15) is 30.2 Å². The summed E-state index contributed by atoms with van der Waals surface area (Å²) in [4.78, 5) is 2.53. The Labute approximate surface area is 215 Å². The average molecular weight is 520 g/mol. The molecule has 4 aliphatic heterocycles. The van der Waals surface area contributed by atoms with Crippen molar-refractivity contribution >= 4 is 0 Å². The fourth-order valence-electron chi connectivity index (χ4n) is 9.18. The van der Waals surface area contributed by atoms with Crippen LogP contribution in [-0.4, -0.2) is 106 Å². The maximum Gasteiger partial charge on any atom is 0.209 e. The summed E-state index contributed by atoms with van der Waals surface area (Å²) < 4.78 is 31.4. The Hall–Kier alpha value is -1.24. The van der Waals surface area contributed by atoms with Gasteiger partial charge in [-0.3, -0.25) is 4.90 Å². The number of rotatable bonds is 4.